The molecule has 0 unspecified atom stereocenters. The number of ether oxygens (including phenoxy) is 1. The van der Waals surface area contributed by atoms with Crippen LogP contribution in [0, 0.1) is 11.6 Å². The summed E-state index contributed by atoms with van der Waals surface area (Å²) in [6.45, 7) is 0.684. The van der Waals surface area contributed by atoms with Gasteiger partial charge in [0.2, 0.25) is 0 Å². The van der Waals surface area contributed by atoms with Crippen LogP contribution in [-0.2, 0) is 0 Å². The van der Waals surface area contributed by atoms with Gasteiger partial charge in [-0.1, -0.05) is 48.5 Å². The standard InChI is InChI=1S/C13H9F3O.C10H9F2N/c14-13(15,16)17-12-8-6-11(7-9-12)10-4-2-1-3-5-10;11-7-3-1-4-8(12)10(7)9-5-2-6-13-9/h1-9H;1,3-4H,2,5-6H2. The lowest BCUT2D eigenvalue weighted by Gasteiger charge is -2.09. The maximum atomic E-state index is 13.2. The summed E-state index contributed by atoms with van der Waals surface area (Å²) < 4.78 is 66.0. The van der Waals surface area contributed by atoms with Gasteiger partial charge >= 0.3 is 6.36 Å². The van der Waals surface area contributed by atoms with E-state index in [4.69, 9.17) is 0 Å². The maximum absolute atomic E-state index is 13.2. The van der Waals surface area contributed by atoms with E-state index in [2.05, 4.69) is 9.73 Å². The van der Waals surface area contributed by atoms with Gasteiger partial charge in [0.25, 0.3) is 0 Å². The van der Waals surface area contributed by atoms with E-state index < -0.39 is 18.0 Å². The minimum atomic E-state index is -4.64. The molecule has 3 aromatic rings. The van der Waals surface area contributed by atoms with E-state index in [-0.39, 0.29) is 11.3 Å². The molecule has 7 heteroatoms. The van der Waals surface area contributed by atoms with Crippen LogP contribution in [0.4, 0.5) is 22.0 Å². The number of alkyl halides is 3. The Hall–Kier alpha value is -3.22. The third-order valence-corrected chi connectivity index (χ3v) is 4.32. The Bertz CT molecular complexity index is 978. The van der Waals surface area contributed by atoms with Crippen LogP contribution in [0.5, 0.6) is 5.75 Å². The van der Waals surface area contributed by atoms with Gasteiger partial charge in [0.05, 0.1) is 5.56 Å². The Morgan fingerprint density at radius 1 is 0.733 bits per heavy atom. The van der Waals surface area contributed by atoms with Crippen molar-refractivity contribution >= 4 is 5.71 Å². The second-order valence-electron chi connectivity index (χ2n) is 6.47. The lowest BCUT2D eigenvalue weighted by atomic mass is 10.1. The van der Waals surface area contributed by atoms with Crippen molar-refractivity contribution in [1.82, 2.24) is 0 Å². The van der Waals surface area contributed by atoms with Crippen LogP contribution in [-0.4, -0.2) is 18.6 Å². The molecule has 0 saturated heterocycles. The van der Waals surface area contributed by atoms with Crippen molar-refractivity contribution in [3.63, 3.8) is 0 Å². The Labute approximate surface area is 170 Å². The molecule has 0 aliphatic carbocycles. The molecular formula is C23H18F5NO. The fourth-order valence-corrected chi connectivity index (χ4v) is 3.00. The van der Waals surface area contributed by atoms with Crippen molar-refractivity contribution in [1.29, 1.82) is 0 Å². The van der Waals surface area contributed by atoms with Crippen LogP contribution in [0.15, 0.2) is 77.8 Å². The summed E-state index contributed by atoms with van der Waals surface area (Å²) in [5, 5.41) is 0. The minimum absolute atomic E-state index is 0.0556. The summed E-state index contributed by atoms with van der Waals surface area (Å²) in [5.41, 5.74) is 2.42. The molecular weight excluding hydrogens is 401 g/mol. The van der Waals surface area contributed by atoms with E-state index in [1.54, 1.807) is 12.1 Å². The van der Waals surface area contributed by atoms with E-state index in [1.807, 2.05) is 30.3 Å². The second-order valence-corrected chi connectivity index (χ2v) is 6.47. The van der Waals surface area contributed by atoms with Crippen LogP contribution in [0.2, 0.25) is 0 Å². The molecule has 0 amide bonds. The fraction of sp³-hybridized carbons (Fsp3) is 0.174. The SMILES string of the molecule is FC(F)(F)Oc1ccc(-c2ccccc2)cc1.Fc1cccc(F)c1C1=NCCC1. The Morgan fingerprint density at radius 2 is 1.33 bits per heavy atom. The number of aliphatic imine (C=N–C) groups is 1. The molecule has 4 rings (SSSR count). The third-order valence-electron chi connectivity index (χ3n) is 4.32. The van der Waals surface area contributed by atoms with Gasteiger partial charge in [-0.15, -0.1) is 13.2 Å². The smallest absolute Gasteiger partial charge is 0.406 e. The Balaban J connectivity index is 0.000000177. The normalized spacial score (nSPS) is 13.3. The molecule has 0 bridgehead atoms. The first-order chi connectivity index (χ1) is 14.3. The highest BCUT2D eigenvalue weighted by atomic mass is 19.4. The van der Waals surface area contributed by atoms with Gasteiger partial charge in [0.1, 0.15) is 17.4 Å². The number of hydrogen-bond donors (Lipinski definition) is 0. The summed E-state index contributed by atoms with van der Waals surface area (Å²) in [7, 11) is 0. The molecule has 156 valence electrons. The summed E-state index contributed by atoms with van der Waals surface area (Å²) >= 11 is 0. The predicted octanol–water partition coefficient (Wildman–Crippen LogP) is 6.80. The average Bonchev–Trinajstić information content (AvgIpc) is 3.23. The van der Waals surface area contributed by atoms with Gasteiger partial charge in [-0.25, -0.2) is 8.78 Å². The van der Waals surface area contributed by atoms with Crippen LogP contribution in [0.1, 0.15) is 18.4 Å². The van der Waals surface area contributed by atoms with Gasteiger partial charge in [0, 0.05) is 12.3 Å². The van der Waals surface area contributed by atoms with Gasteiger partial charge in [-0.2, -0.15) is 0 Å². The molecule has 0 atom stereocenters. The first kappa shape index (κ1) is 21.5. The number of nitrogens with zero attached hydrogens (tertiary/aromatic N) is 1. The number of halogens is 5. The molecule has 0 radical (unpaired) electrons. The van der Waals surface area contributed by atoms with Gasteiger partial charge in [-0.05, 0) is 48.2 Å². The van der Waals surface area contributed by atoms with Crippen molar-refractivity contribution in [2.24, 2.45) is 4.99 Å². The van der Waals surface area contributed by atoms with Crippen molar-refractivity contribution in [3.05, 3.63) is 90.0 Å². The quantitative estimate of drug-likeness (QED) is 0.428. The highest BCUT2D eigenvalue weighted by Crippen LogP contribution is 2.26. The molecule has 0 spiro atoms. The molecule has 0 aromatic heterocycles. The largest absolute Gasteiger partial charge is 0.573 e. The fourth-order valence-electron chi connectivity index (χ4n) is 3.00. The zero-order valence-corrected chi connectivity index (χ0v) is 15.8. The van der Waals surface area contributed by atoms with Crippen LogP contribution >= 0.6 is 0 Å². The van der Waals surface area contributed by atoms with E-state index in [0.29, 0.717) is 18.7 Å². The molecule has 3 aromatic carbocycles. The monoisotopic (exact) mass is 419 g/mol. The second kappa shape index (κ2) is 9.52. The van der Waals surface area contributed by atoms with Crippen molar-refractivity contribution in [2.75, 3.05) is 6.54 Å². The maximum Gasteiger partial charge on any atom is 0.573 e. The predicted molar refractivity (Wildman–Crippen MR) is 106 cm³/mol. The van der Waals surface area contributed by atoms with E-state index in [1.165, 1.54) is 30.3 Å². The lowest BCUT2D eigenvalue weighted by molar-refractivity contribution is -0.274. The first-order valence-electron chi connectivity index (χ1n) is 9.22. The zero-order valence-electron chi connectivity index (χ0n) is 15.8. The summed E-state index contributed by atoms with van der Waals surface area (Å²) in [4.78, 5) is 4.06. The first-order valence-corrected chi connectivity index (χ1v) is 9.22. The van der Waals surface area contributed by atoms with E-state index in [9.17, 15) is 22.0 Å². The van der Waals surface area contributed by atoms with Crippen molar-refractivity contribution in [3.8, 4) is 16.9 Å². The van der Waals surface area contributed by atoms with Crippen molar-refractivity contribution < 1.29 is 26.7 Å². The molecule has 1 heterocycles. The minimum Gasteiger partial charge on any atom is -0.406 e. The lowest BCUT2D eigenvalue weighted by Crippen LogP contribution is -2.16. The van der Waals surface area contributed by atoms with E-state index >= 15 is 0 Å². The topological polar surface area (TPSA) is 21.6 Å². The van der Waals surface area contributed by atoms with Crippen LogP contribution in [0.25, 0.3) is 11.1 Å². The average molecular weight is 419 g/mol. The molecule has 30 heavy (non-hydrogen) atoms. The number of benzene rings is 3. The molecule has 0 fully saturated rings. The highest BCUT2D eigenvalue weighted by Gasteiger charge is 2.30. The summed E-state index contributed by atoms with van der Waals surface area (Å²) in [6.07, 6.45) is -3.07. The van der Waals surface area contributed by atoms with Gasteiger partial charge in [0.15, 0.2) is 0 Å². The molecule has 1 aliphatic heterocycles. The zero-order chi connectivity index (χ0) is 21.6. The van der Waals surface area contributed by atoms with Gasteiger partial charge in [-0.3, -0.25) is 4.99 Å². The molecule has 2 nitrogen and oxygen atoms in total. The van der Waals surface area contributed by atoms with Crippen molar-refractivity contribution in [2.45, 2.75) is 19.2 Å². The van der Waals surface area contributed by atoms with Crippen LogP contribution < -0.4 is 4.74 Å². The van der Waals surface area contributed by atoms with E-state index in [0.717, 1.165) is 17.5 Å². The molecule has 0 saturated carbocycles. The van der Waals surface area contributed by atoms with Gasteiger partial charge < -0.3 is 4.74 Å². The third kappa shape index (κ3) is 5.89. The Morgan fingerprint density at radius 3 is 1.87 bits per heavy atom. The summed E-state index contributed by atoms with van der Waals surface area (Å²) in [6, 6.07) is 19.1. The molecule has 1 aliphatic rings. The highest BCUT2D eigenvalue weighted by molar-refractivity contribution is 6.01. The summed E-state index contributed by atoms with van der Waals surface area (Å²) in [5.74, 6) is -1.24. The van der Waals surface area contributed by atoms with Crippen LogP contribution in [0.3, 0.4) is 0 Å². The molecule has 0 N–H and O–H groups in total. The number of rotatable bonds is 3. The number of hydrogen-bond acceptors (Lipinski definition) is 2. The Kier molecular flexibility index (Phi) is 6.82.